The molecule has 5 nitrogen and oxygen atoms in total. The van der Waals surface area contributed by atoms with Crippen LogP contribution >= 0.6 is 11.6 Å². The number of anilines is 1. The predicted octanol–water partition coefficient (Wildman–Crippen LogP) is 1.48. The molecule has 0 fully saturated rings. The van der Waals surface area contributed by atoms with Crippen LogP contribution in [0.25, 0.3) is 0 Å². The van der Waals surface area contributed by atoms with E-state index in [-0.39, 0.29) is 11.6 Å². The van der Waals surface area contributed by atoms with Gasteiger partial charge in [0.1, 0.15) is 11.9 Å². The first-order valence-corrected chi connectivity index (χ1v) is 5.49. The molecule has 0 heterocycles. The van der Waals surface area contributed by atoms with Crippen LogP contribution in [0.2, 0.25) is 5.02 Å². The van der Waals surface area contributed by atoms with Crippen LogP contribution in [0.15, 0.2) is 18.2 Å². The SMILES string of the molecule is CC(NCC(=O)Nc1ccc(F)c(Cl)c1)C(=O)O. The lowest BCUT2D eigenvalue weighted by Crippen LogP contribution is -2.39. The quantitative estimate of drug-likeness (QED) is 0.760. The lowest BCUT2D eigenvalue weighted by molar-refractivity contribution is -0.139. The minimum atomic E-state index is -1.05. The first kappa shape index (κ1) is 14.4. The van der Waals surface area contributed by atoms with Gasteiger partial charge in [-0.2, -0.15) is 0 Å². The van der Waals surface area contributed by atoms with E-state index < -0.39 is 23.7 Å². The number of benzene rings is 1. The summed E-state index contributed by atoms with van der Waals surface area (Å²) in [5, 5.41) is 13.5. The summed E-state index contributed by atoms with van der Waals surface area (Å²) in [5.41, 5.74) is 0.344. The minimum absolute atomic E-state index is 0.0975. The molecule has 0 spiro atoms. The van der Waals surface area contributed by atoms with Gasteiger partial charge in [-0.15, -0.1) is 0 Å². The lowest BCUT2D eigenvalue weighted by Gasteiger charge is -2.09. The van der Waals surface area contributed by atoms with Crippen LogP contribution < -0.4 is 10.6 Å². The van der Waals surface area contributed by atoms with Crippen LogP contribution in [0.4, 0.5) is 10.1 Å². The largest absolute Gasteiger partial charge is 0.480 e. The molecule has 7 heteroatoms. The summed E-state index contributed by atoms with van der Waals surface area (Å²) in [4.78, 5) is 21.9. The number of nitrogens with one attached hydrogen (secondary N) is 2. The number of hydrogen-bond donors (Lipinski definition) is 3. The molecule has 0 aliphatic carbocycles. The zero-order chi connectivity index (χ0) is 13.7. The minimum Gasteiger partial charge on any atom is -0.480 e. The Hall–Kier alpha value is -1.66. The highest BCUT2D eigenvalue weighted by Gasteiger charge is 2.12. The average molecular weight is 275 g/mol. The third-order valence-corrected chi connectivity index (χ3v) is 2.43. The normalized spacial score (nSPS) is 11.9. The summed E-state index contributed by atoms with van der Waals surface area (Å²) in [5.74, 6) is -2.06. The van der Waals surface area contributed by atoms with Crippen LogP contribution in [0, 0.1) is 5.82 Å². The highest BCUT2D eigenvalue weighted by Crippen LogP contribution is 2.19. The Labute approximate surface area is 108 Å². The van der Waals surface area contributed by atoms with Crippen LogP contribution in [0.1, 0.15) is 6.92 Å². The van der Waals surface area contributed by atoms with E-state index >= 15 is 0 Å². The number of carboxylic acids is 1. The van der Waals surface area contributed by atoms with Crippen molar-refractivity contribution in [3.8, 4) is 0 Å². The van der Waals surface area contributed by atoms with Crippen molar-refractivity contribution in [1.82, 2.24) is 5.32 Å². The summed E-state index contributed by atoms with van der Waals surface area (Å²) in [6, 6.07) is 2.94. The van der Waals surface area contributed by atoms with Gasteiger partial charge in [0.15, 0.2) is 0 Å². The number of carboxylic acid groups (broad SMARTS) is 1. The van der Waals surface area contributed by atoms with Gasteiger partial charge >= 0.3 is 5.97 Å². The van der Waals surface area contributed by atoms with Gasteiger partial charge in [-0.1, -0.05) is 11.6 Å². The van der Waals surface area contributed by atoms with Gasteiger partial charge in [0.2, 0.25) is 5.91 Å². The van der Waals surface area contributed by atoms with Crippen molar-refractivity contribution in [2.24, 2.45) is 0 Å². The topological polar surface area (TPSA) is 78.4 Å². The monoisotopic (exact) mass is 274 g/mol. The van der Waals surface area contributed by atoms with E-state index in [0.717, 1.165) is 6.07 Å². The van der Waals surface area contributed by atoms with Crippen molar-refractivity contribution >= 4 is 29.2 Å². The van der Waals surface area contributed by atoms with Crippen molar-refractivity contribution in [1.29, 1.82) is 0 Å². The standard InChI is InChI=1S/C11H12ClFN2O3/c1-6(11(17)18)14-5-10(16)15-7-2-3-9(13)8(12)4-7/h2-4,6,14H,5H2,1H3,(H,15,16)(H,17,18). The number of carbonyl (C=O) groups is 2. The summed E-state index contributed by atoms with van der Waals surface area (Å²) in [6.45, 7) is 1.26. The maximum atomic E-state index is 12.9. The molecule has 1 aromatic rings. The van der Waals surface area contributed by atoms with Crippen LogP contribution in [0.3, 0.4) is 0 Å². The third kappa shape index (κ3) is 4.31. The van der Waals surface area contributed by atoms with Gasteiger partial charge < -0.3 is 10.4 Å². The first-order valence-electron chi connectivity index (χ1n) is 5.11. The second-order valence-corrected chi connectivity index (χ2v) is 4.03. The van der Waals surface area contributed by atoms with Crippen LogP contribution in [-0.4, -0.2) is 29.6 Å². The molecule has 0 saturated carbocycles. The van der Waals surface area contributed by atoms with E-state index in [9.17, 15) is 14.0 Å². The Kier molecular flexibility index (Phi) is 5.06. The van der Waals surface area contributed by atoms with Crippen LogP contribution in [0.5, 0.6) is 0 Å². The third-order valence-electron chi connectivity index (χ3n) is 2.14. The van der Waals surface area contributed by atoms with Crippen molar-refractivity contribution in [3.63, 3.8) is 0 Å². The first-order chi connectivity index (χ1) is 8.40. The van der Waals surface area contributed by atoms with E-state index in [4.69, 9.17) is 16.7 Å². The molecule has 98 valence electrons. The summed E-state index contributed by atoms with van der Waals surface area (Å²) >= 11 is 5.55. The van der Waals surface area contributed by atoms with E-state index in [2.05, 4.69) is 10.6 Å². The Balaban J connectivity index is 2.49. The van der Waals surface area contributed by atoms with Crippen molar-refractivity contribution in [2.75, 3.05) is 11.9 Å². The maximum absolute atomic E-state index is 12.9. The van der Waals surface area contributed by atoms with Crippen LogP contribution in [-0.2, 0) is 9.59 Å². The Morgan fingerprint density at radius 3 is 2.72 bits per heavy atom. The van der Waals surface area contributed by atoms with Gasteiger partial charge in [-0.05, 0) is 25.1 Å². The molecule has 3 N–H and O–H groups in total. The molecular formula is C11H12ClFN2O3. The zero-order valence-corrected chi connectivity index (χ0v) is 10.3. The van der Waals surface area contributed by atoms with Gasteiger partial charge in [-0.3, -0.25) is 14.9 Å². The van der Waals surface area contributed by atoms with Crippen molar-refractivity contribution in [3.05, 3.63) is 29.0 Å². The summed E-state index contributed by atoms with van der Waals surface area (Å²) < 4.78 is 12.9. The van der Waals surface area contributed by atoms with E-state index in [1.165, 1.54) is 19.1 Å². The number of aliphatic carboxylic acids is 1. The van der Waals surface area contributed by atoms with E-state index in [1.54, 1.807) is 0 Å². The number of hydrogen-bond acceptors (Lipinski definition) is 3. The van der Waals surface area contributed by atoms with Crippen molar-refractivity contribution in [2.45, 2.75) is 13.0 Å². The molecule has 0 saturated heterocycles. The lowest BCUT2D eigenvalue weighted by atomic mass is 10.3. The molecule has 0 bridgehead atoms. The van der Waals surface area contributed by atoms with E-state index in [0.29, 0.717) is 5.69 Å². The molecule has 1 amide bonds. The van der Waals surface area contributed by atoms with E-state index in [1.807, 2.05) is 0 Å². The predicted molar refractivity (Wildman–Crippen MR) is 65.1 cm³/mol. The molecule has 0 aliphatic heterocycles. The number of carbonyl (C=O) groups excluding carboxylic acids is 1. The fourth-order valence-corrected chi connectivity index (χ4v) is 1.29. The molecule has 0 aliphatic rings. The number of rotatable bonds is 5. The summed E-state index contributed by atoms with van der Waals surface area (Å²) in [6.07, 6.45) is 0. The Bertz CT molecular complexity index is 468. The second kappa shape index (κ2) is 6.32. The molecular weight excluding hydrogens is 263 g/mol. The van der Waals surface area contributed by atoms with Gasteiger partial charge in [0, 0.05) is 5.69 Å². The molecule has 1 atom stereocenters. The average Bonchev–Trinajstić information content (AvgIpc) is 2.30. The highest BCUT2D eigenvalue weighted by molar-refractivity contribution is 6.31. The van der Waals surface area contributed by atoms with Gasteiger partial charge in [-0.25, -0.2) is 4.39 Å². The highest BCUT2D eigenvalue weighted by atomic mass is 35.5. The molecule has 1 rings (SSSR count). The number of amides is 1. The van der Waals surface area contributed by atoms with Gasteiger partial charge in [0.25, 0.3) is 0 Å². The number of halogens is 2. The fourth-order valence-electron chi connectivity index (χ4n) is 1.11. The Morgan fingerprint density at radius 1 is 1.50 bits per heavy atom. The smallest absolute Gasteiger partial charge is 0.320 e. The molecule has 0 aromatic heterocycles. The molecule has 0 radical (unpaired) electrons. The van der Waals surface area contributed by atoms with Crippen molar-refractivity contribution < 1.29 is 19.1 Å². The maximum Gasteiger partial charge on any atom is 0.320 e. The molecule has 1 aromatic carbocycles. The molecule has 1 unspecified atom stereocenters. The zero-order valence-electron chi connectivity index (χ0n) is 9.54. The van der Waals surface area contributed by atoms with Gasteiger partial charge in [0.05, 0.1) is 11.6 Å². The fraction of sp³-hybridized carbons (Fsp3) is 0.273. The second-order valence-electron chi connectivity index (χ2n) is 3.62. The molecule has 18 heavy (non-hydrogen) atoms. The summed E-state index contributed by atoms with van der Waals surface area (Å²) in [7, 11) is 0. The Morgan fingerprint density at radius 2 is 2.17 bits per heavy atom.